The van der Waals surface area contributed by atoms with Crippen molar-refractivity contribution in [2.75, 3.05) is 0 Å². The summed E-state index contributed by atoms with van der Waals surface area (Å²) in [5.74, 6) is -0.955. The number of benzene rings is 1. The molecule has 1 aromatic carbocycles. The SMILES string of the molecule is CC(O)c1nc2ccc(C(=O)O)cc2s1. The van der Waals surface area contributed by atoms with Crippen LogP contribution in [0, 0.1) is 0 Å². The highest BCUT2D eigenvalue weighted by Crippen LogP contribution is 2.26. The van der Waals surface area contributed by atoms with Gasteiger partial charge in [-0.2, -0.15) is 0 Å². The van der Waals surface area contributed by atoms with Gasteiger partial charge in [0.25, 0.3) is 0 Å². The summed E-state index contributed by atoms with van der Waals surface area (Å²) in [5, 5.41) is 18.7. The topological polar surface area (TPSA) is 70.4 Å². The first kappa shape index (κ1) is 10.1. The third-order valence-corrected chi connectivity index (χ3v) is 3.20. The van der Waals surface area contributed by atoms with E-state index in [1.807, 2.05) is 0 Å². The van der Waals surface area contributed by atoms with Crippen LogP contribution < -0.4 is 0 Å². The molecule has 0 spiro atoms. The molecule has 1 heterocycles. The zero-order chi connectivity index (χ0) is 11.0. The fourth-order valence-electron chi connectivity index (χ4n) is 1.25. The Labute approximate surface area is 89.8 Å². The second-order valence-corrected chi connectivity index (χ2v) is 4.28. The second-order valence-electron chi connectivity index (χ2n) is 3.22. The first-order valence-electron chi connectivity index (χ1n) is 4.40. The van der Waals surface area contributed by atoms with Crippen molar-refractivity contribution in [1.29, 1.82) is 0 Å². The van der Waals surface area contributed by atoms with Gasteiger partial charge in [-0.25, -0.2) is 9.78 Å². The minimum Gasteiger partial charge on any atom is -0.478 e. The highest BCUT2D eigenvalue weighted by Gasteiger charge is 2.10. The van der Waals surface area contributed by atoms with Gasteiger partial charge in [0.05, 0.1) is 15.8 Å². The highest BCUT2D eigenvalue weighted by molar-refractivity contribution is 7.18. The van der Waals surface area contributed by atoms with E-state index in [1.165, 1.54) is 17.4 Å². The van der Waals surface area contributed by atoms with E-state index in [0.717, 1.165) is 10.2 Å². The molecule has 0 aliphatic carbocycles. The van der Waals surface area contributed by atoms with Gasteiger partial charge in [-0.3, -0.25) is 0 Å². The van der Waals surface area contributed by atoms with E-state index in [0.29, 0.717) is 5.01 Å². The first-order chi connectivity index (χ1) is 7.08. The number of nitrogens with zero attached hydrogens (tertiary/aromatic N) is 1. The summed E-state index contributed by atoms with van der Waals surface area (Å²) in [5.41, 5.74) is 0.962. The number of aliphatic hydroxyl groups is 1. The molecule has 0 saturated heterocycles. The van der Waals surface area contributed by atoms with Crippen LogP contribution in [0.1, 0.15) is 28.4 Å². The number of hydrogen-bond donors (Lipinski definition) is 2. The maximum atomic E-state index is 10.7. The van der Waals surface area contributed by atoms with Crippen molar-refractivity contribution in [3.8, 4) is 0 Å². The molecule has 0 saturated carbocycles. The maximum Gasteiger partial charge on any atom is 0.335 e. The van der Waals surface area contributed by atoms with Crippen molar-refractivity contribution in [3.63, 3.8) is 0 Å². The number of hydrogen-bond acceptors (Lipinski definition) is 4. The van der Waals surface area contributed by atoms with Gasteiger partial charge in [-0.1, -0.05) is 0 Å². The number of aromatic nitrogens is 1. The zero-order valence-corrected chi connectivity index (χ0v) is 8.78. The van der Waals surface area contributed by atoms with Crippen LogP contribution in [-0.4, -0.2) is 21.2 Å². The Morgan fingerprint density at radius 1 is 1.53 bits per heavy atom. The smallest absolute Gasteiger partial charge is 0.335 e. The standard InChI is InChI=1S/C10H9NO3S/c1-5(12)9-11-7-3-2-6(10(13)14)4-8(7)15-9/h2-5,12H,1H3,(H,13,14). The third kappa shape index (κ3) is 1.84. The van der Waals surface area contributed by atoms with Crippen LogP contribution in [0.25, 0.3) is 10.2 Å². The summed E-state index contributed by atoms with van der Waals surface area (Å²) in [4.78, 5) is 14.9. The molecule has 0 fully saturated rings. The highest BCUT2D eigenvalue weighted by atomic mass is 32.1. The first-order valence-corrected chi connectivity index (χ1v) is 5.21. The van der Waals surface area contributed by atoms with Crippen molar-refractivity contribution < 1.29 is 15.0 Å². The van der Waals surface area contributed by atoms with Crippen molar-refractivity contribution in [2.45, 2.75) is 13.0 Å². The average Bonchev–Trinajstić information content (AvgIpc) is 2.59. The van der Waals surface area contributed by atoms with Gasteiger partial charge in [-0.05, 0) is 25.1 Å². The lowest BCUT2D eigenvalue weighted by atomic mass is 10.2. The minimum absolute atomic E-state index is 0.239. The van der Waals surface area contributed by atoms with E-state index in [-0.39, 0.29) is 5.56 Å². The van der Waals surface area contributed by atoms with Crippen LogP contribution in [-0.2, 0) is 0 Å². The van der Waals surface area contributed by atoms with Gasteiger partial charge in [0, 0.05) is 0 Å². The third-order valence-electron chi connectivity index (χ3n) is 2.01. The van der Waals surface area contributed by atoms with Crippen LogP contribution in [0.15, 0.2) is 18.2 Å². The molecule has 1 aromatic heterocycles. The molecule has 0 bridgehead atoms. The van der Waals surface area contributed by atoms with Crippen molar-refractivity contribution in [1.82, 2.24) is 4.98 Å². The van der Waals surface area contributed by atoms with E-state index in [2.05, 4.69) is 4.98 Å². The van der Waals surface area contributed by atoms with Gasteiger partial charge in [0.15, 0.2) is 0 Å². The Hall–Kier alpha value is -1.46. The molecular weight excluding hydrogens is 214 g/mol. The van der Waals surface area contributed by atoms with E-state index in [1.54, 1.807) is 19.1 Å². The lowest BCUT2D eigenvalue weighted by Crippen LogP contribution is -1.94. The molecule has 5 heteroatoms. The number of fused-ring (bicyclic) bond motifs is 1. The molecule has 4 nitrogen and oxygen atoms in total. The van der Waals surface area contributed by atoms with Crippen molar-refractivity contribution >= 4 is 27.5 Å². The predicted molar refractivity (Wildman–Crippen MR) is 57.2 cm³/mol. The Morgan fingerprint density at radius 2 is 2.27 bits per heavy atom. The predicted octanol–water partition coefficient (Wildman–Crippen LogP) is 2.05. The van der Waals surface area contributed by atoms with E-state index < -0.39 is 12.1 Å². The number of thiazole rings is 1. The van der Waals surface area contributed by atoms with Crippen LogP contribution in [0.5, 0.6) is 0 Å². The van der Waals surface area contributed by atoms with Crippen molar-refractivity contribution in [2.24, 2.45) is 0 Å². The molecule has 0 aliphatic rings. The molecule has 0 aliphatic heterocycles. The number of carboxylic acids is 1. The molecule has 2 aromatic rings. The Balaban J connectivity index is 2.57. The number of carbonyl (C=O) groups is 1. The second kappa shape index (κ2) is 3.60. The summed E-state index contributed by atoms with van der Waals surface area (Å²) < 4.78 is 0.783. The zero-order valence-electron chi connectivity index (χ0n) is 7.97. The van der Waals surface area contributed by atoms with E-state index >= 15 is 0 Å². The summed E-state index contributed by atoms with van der Waals surface area (Å²) >= 11 is 1.31. The van der Waals surface area contributed by atoms with Gasteiger partial charge in [-0.15, -0.1) is 11.3 Å². The summed E-state index contributed by atoms with van der Waals surface area (Å²) in [6, 6.07) is 4.73. The van der Waals surface area contributed by atoms with Crippen LogP contribution in [0.3, 0.4) is 0 Å². The molecule has 2 rings (SSSR count). The number of rotatable bonds is 2. The minimum atomic E-state index is -0.955. The van der Waals surface area contributed by atoms with Gasteiger partial charge in [0.2, 0.25) is 0 Å². The fourth-order valence-corrected chi connectivity index (χ4v) is 2.20. The maximum absolute atomic E-state index is 10.7. The van der Waals surface area contributed by atoms with Gasteiger partial charge >= 0.3 is 5.97 Å². The molecule has 2 N–H and O–H groups in total. The Morgan fingerprint density at radius 3 is 2.87 bits per heavy atom. The molecule has 1 unspecified atom stereocenters. The lowest BCUT2D eigenvalue weighted by Gasteiger charge is -1.93. The van der Waals surface area contributed by atoms with E-state index in [4.69, 9.17) is 5.11 Å². The monoisotopic (exact) mass is 223 g/mol. The normalized spacial score (nSPS) is 12.9. The van der Waals surface area contributed by atoms with Gasteiger partial charge < -0.3 is 10.2 Å². The van der Waals surface area contributed by atoms with Crippen LogP contribution >= 0.6 is 11.3 Å². The number of aliphatic hydroxyl groups excluding tert-OH is 1. The molecular formula is C10H9NO3S. The Bertz CT molecular complexity index is 518. The summed E-state index contributed by atoms with van der Waals surface area (Å²) in [6.07, 6.45) is -0.615. The largest absolute Gasteiger partial charge is 0.478 e. The molecule has 0 amide bonds. The quantitative estimate of drug-likeness (QED) is 0.817. The van der Waals surface area contributed by atoms with Gasteiger partial charge in [0.1, 0.15) is 11.1 Å². The number of carboxylic acid groups (broad SMARTS) is 1. The molecule has 0 radical (unpaired) electrons. The Kier molecular flexibility index (Phi) is 2.42. The lowest BCUT2D eigenvalue weighted by molar-refractivity contribution is 0.0697. The average molecular weight is 223 g/mol. The summed E-state index contributed by atoms with van der Waals surface area (Å²) in [7, 11) is 0. The molecule has 15 heavy (non-hydrogen) atoms. The van der Waals surface area contributed by atoms with Crippen LogP contribution in [0.4, 0.5) is 0 Å². The van der Waals surface area contributed by atoms with Crippen molar-refractivity contribution in [3.05, 3.63) is 28.8 Å². The molecule has 1 atom stereocenters. The summed E-state index contributed by atoms with van der Waals surface area (Å²) in [6.45, 7) is 1.63. The van der Waals surface area contributed by atoms with E-state index in [9.17, 15) is 9.90 Å². The fraction of sp³-hybridized carbons (Fsp3) is 0.200. The van der Waals surface area contributed by atoms with Crippen LogP contribution in [0.2, 0.25) is 0 Å². The molecule has 78 valence electrons. The number of aromatic carboxylic acids is 1.